The van der Waals surface area contributed by atoms with Gasteiger partial charge in [-0.2, -0.15) is 0 Å². The fraction of sp³-hybridized carbons (Fsp3) is 0.421. The van der Waals surface area contributed by atoms with Gasteiger partial charge in [0.2, 0.25) is 5.95 Å². The van der Waals surface area contributed by atoms with Gasteiger partial charge in [-0.1, -0.05) is 19.1 Å². The van der Waals surface area contributed by atoms with E-state index in [9.17, 15) is 4.79 Å². The first-order valence-corrected chi connectivity index (χ1v) is 8.50. The van der Waals surface area contributed by atoms with E-state index in [-0.39, 0.29) is 5.91 Å². The van der Waals surface area contributed by atoms with Crippen LogP contribution in [-0.4, -0.2) is 33.9 Å². The summed E-state index contributed by atoms with van der Waals surface area (Å²) < 4.78 is 0. The molecule has 0 radical (unpaired) electrons. The topological polar surface area (TPSA) is 58.1 Å². The zero-order valence-electron chi connectivity index (χ0n) is 14.5. The van der Waals surface area contributed by atoms with Crippen molar-refractivity contribution in [2.45, 2.75) is 33.6 Å². The van der Waals surface area contributed by atoms with Crippen molar-refractivity contribution >= 4 is 17.5 Å². The molecule has 0 bridgehead atoms. The highest BCUT2D eigenvalue weighted by Gasteiger charge is 2.22. The van der Waals surface area contributed by atoms with Crippen LogP contribution in [0.5, 0.6) is 0 Å². The largest absolute Gasteiger partial charge is 0.337 e. The van der Waals surface area contributed by atoms with Gasteiger partial charge in [-0.3, -0.25) is 4.79 Å². The summed E-state index contributed by atoms with van der Waals surface area (Å²) in [6.45, 7) is 7.98. The van der Waals surface area contributed by atoms with Crippen LogP contribution in [0.2, 0.25) is 0 Å². The van der Waals surface area contributed by atoms with Crippen molar-refractivity contribution in [3.63, 3.8) is 0 Å². The van der Waals surface area contributed by atoms with Crippen molar-refractivity contribution in [2.75, 3.05) is 18.4 Å². The minimum absolute atomic E-state index is 0.00619. The summed E-state index contributed by atoms with van der Waals surface area (Å²) in [5, 5.41) is 3.23. The van der Waals surface area contributed by atoms with Crippen LogP contribution >= 0.6 is 0 Å². The van der Waals surface area contributed by atoms with Gasteiger partial charge in [0.15, 0.2) is 0 Å². The number of aromatic nitrogens is 2. The van der Waals surface area contributed by atoms with Crippen LogP contribution in [0.25, 0.3) is 0 Å². The first-order chi connectivity index (χ1) is 11.5. The number of likely N-dealkylation sites (tertiary alicyclic amines) is 1. The lowest BCUT2D eigenvalue weighted by Crippen LogP contribution is -2.38. The molecule has 1 saturated heterocycles. The van der Waals surface area contributed by atoms with Crippen LogP contribution < -0.4 is 5.32 Å². The Morgan fingerprint density at radius 2 is 1.96 bits per heavy atom. The normalized spacial score (nSPS) is 15.4. The molecule has 126 valence electrons. The van der Waals surface area contributed by atoms with E-state index in [1.54, 1.807) is 12.3 Å². The molecule has 0 spiro atoms. The predicted molar refractivity (Wildman–Crippen MR) is 95.5 cm³/mol. The average molecular weight is 324 g/mol. The number of carbonyl (C=O) groups excluding carboxylic acids is 1. The third-order valence-electron chi connectivity index (χ3n) is 4.80. The van der Waals surface area contributed by atoms with Crippen molar-refractivity contribution in [1.29, 1.82) is 0 Å². The van der Waals surface area contributed by atoms with Crippen molar-refractivity contribution in [3.05, 3.63) is 47.3 Å². The number of hydrogen-bond donors (Lipinski definition) is 1. The summed E-state index contributed by atoms with van der Waals surface area (Å²) >= 11 is 0. The minimum atomic E-state index is -0.00619. The number of nitrogens with one attached hydrogen (secondary N) is 1. The number of piperidine rings is 1. The molecular weight excluding hydrogens is 300 g/mol. The zero-order chi connectivity index (χ0) is 17.1. The molecule has 5 nitrogen and oxygen atoms in total. The summed E-state index contributed by atoms with van der Waals surface area (Å²) in [4.78, 5) is 23.2. The molecule has 1 fully saturated rings. The van der Waals surface area contributed by atoms with E-state index in [2.05, 4.69) is 42.1 Å². The summed E-state index contributed by atoms with van der Waals surface area (Å²) in [7, 11) is 0. The van der Waals surface area contributed by atoms with Crippen molar-refractivity contribution in [1.82, 2.24) is 14.9 Å². The van der Waals surface area contributed by atoms with Crippen LogP contribution in [0.1, 0.15) is 41.4 Å². The van der Waals surface area contributed by atoms with Gasteiger partial charge in [-0.15, -0.1) is 0 Å². The summed E-state index contributed by atoms with van der Waals surface area (Å²) in [5.41, 5.74) is 3.77. The zero-order valence-corrected chi connectivity index (χ0v) is 14.5. The van der Waals surface area contributed by atoms with Crippen molar-refractivity contribution in [2.24, 2.45) is 5.92 Å². The molecule has 3 rings (SSSR count). The monoisotopic (exact) mass is 324 g/mol. The Kier molecular flexibility index (Phi) is 4.79. The lowest BCUT2D eigenvalue weighted by molar-refractivity contribution is 0.0691. The van der Waals surface area contributed by atoms with E-state index in [0.29, 0.717) is 17.6 Å². The Morgan fingerprint density at radius 3 is 2.71 bits per heavy atom. The maximum Gasteiger partial charge on any atom is 0.272 e. The summed E-state index contributed by atoms with van der Waals surface area (Å²) in [6, 6.07) is 7.74. The number of amides is 1. The third kappa shape index (κ3) is 3.55. The number of hydrogen-bond acceptors (Lipinski definition) is 4. The van der Waals surface area contributed by atoms with E-state index in [1.165, 1.54) is 5.56 Å². The molecule has 1 aromatic heterocycles. The second-order valence-corrected chi connectivity index (χ2v) is 6.61. The first kappa shape index (κ1) is 16.4. The fourth-order valence-corrected chi connectivity index (χ4v) is 2.92. The van der Waals surface area contributed by atoms with Gasteiger partial charge in [0.1, 0.15) is 5.69 Å². The van der Waals surface area contributed by atoms with E-state index in [4.69, 9.17) is 0 Å². The Labute approximate surface area is 143 Å². The number of rotatable bonds is 3. The molecule has 0 atom stereocenters. The summed E-state index contributed by atoms with van der Waals surface area (Å²) in [5.74, 6) is 1.15. The van der Waals surface area contributed by atoms with Gasteiger partial charge in [0.05, 0.1) is 0 Å². The maximum atomic E-state index is 12.6. The van der Waals surface area contributed by atoms with Crippen LogP contribution in [-0.2, 0) is 0 Å². The highest BCUT2D eigenvalue weighted by atomic mass is 16.2. The van der Waals surface area contributed by atoms with E-state index < -0.39 is 0 Å². The maximum absolute atomic E-state index is 12.6. The average Bonchev–Trinajstić information content (AvgIpc) is 2.59. The van der Waals surface area contributed by atoms with Gasteiger partial charge in [0.25, 0.3) is 5.91 Å². The molecule has 1 aromatic carbocycles. The number of anilines is 2. The Bertz CT molecular complexity index is 736. The molecule has 0 saturated carbocycles. The quantitative estimate of drug-likeness (QED) is 0.935. The molecule has 1 N–H and O–H groups in total. The third-order valence-corrected chi connectivity index (χ3v) is 4.80. The highest BCUT2D eigenvalue weighted by Crippen LogP contribution is 2.21. The number of nitrogens with zero attached hydrogens (tertiary/aromatic N) is 3. The molecular formula is C19H24N4O. The fourth-order valence-electron chi connectivity index (χ4n) is 2.92. The number of benzene rings is 1. The van der Waals surface area contributed by atoms with Gasteiger partial charge >= 0.3 is 0 Å². The predicted octanol–water partition coefficient (Wildman–Crippen LogP) is 3.71. The van der Waals surface area contributed by atoms with E-state index in [0.717, 1.165) is 37.2 Å². The Morgan fingerprint density at radius 1 is 1.21 bits per heavy atom. The Balaban J connectivity index is 1.76. The SMILES string of the molecule is Cc1cccc(Nc2nccc(C(=O)N3CCC(C)CC3)n2)c1C. The summed E-state index contributed by atoms with van der Waals surface area (Å²) in [6.07, 6.45) is 3.76. The van der Waals surface area contributed by atoms with Crippen LogP contribution in [0.3, 0.4) is 0 Å². The van der Waals surface area contributed by atoms with E-state index in [1.807, 2.05) is 17.0 Å². The second-order valence-electron chi connectivity index (χ2n) is 6.61. The minimum Gasteiger partial charge on any atom is -0.337 e. The molecule has 1 aliphatic heterocycles. The molecule has 1 aliphatic rings. The first-order valence-electron chi connectivity index (χ1n) is 8.50. The van der Waals surface area contributed by atoms with Crippen molar-refractivity contribution in [3.8, 4) is 0 Å². The van der Waals surface area contributed by atoms with Crippen LogP contribution in [0.4, 0.5) is 11.6 Å². The standard InChI is InChI=1S/C19H24N4O/c1-13-8-11-23(12-9-13)18(24)17-7-10-20-19(22-17)21-16-6-4-5-14(2)15(16)3/h4-7,10,13H,8-9,11-12H2,1-3H3,(H,20,21,22). The molecule has 5 heteroatoms. The van der Waals surface area contributed by atoms with E-state index >= 15 is 0 Å². The molecule has 2 heterocycles. The smallest absolute Gasteiger partial charge is 0.272 e. The van der Waals surface area contributed by atoms with Crippen LogP contribution in [0, 0.1) is 19.8 Å². The molecule has 1 amide bonds. The van der Waals surface area contributed by atoms with Gasteiger partial charge in [0, 0.05) is 25.0 Å². The highest BCUT2D eigenvalue weighted by molar-refractivity contribution is 5.92. The molecule has 24 heavy (non-hydrogen) atoms. The lowest BCUT2D eigenvalue weighted by atomic mass is 9.99. The van der Waals surface area contributed by atoms with Gasteiger partial charge in [-0.05, 0) is 55.9 Å². The molecule has 0 unspecified atom stereocenters. The number of aryl methyl sites for hydroxylation is 1. The number of carbonyl (C=O) groups is 1. The Hall–Kier alpha value is -2.43. The second kappa shape index (κ2) is 6.99. The lowest BCUT2D eigenvalue weighted by Gasteiger charge is -2.30. The van der Waals surface area contributed by atoms with Crippen molar-refractivity contribution < 1.29 is 4.79 Å². The van der Waals surface area contributed by atoms with Crippen LogP contribution in [0.15, 0.2) is 30.5 Å². The molecule has 0 aliphatic carbocycles. The van der Waals surface area contributed by atoms with Gasteiger partial charge in [-0.25, -0.2) is 9.97 Å². The van der Waals surface area contributed by atoms with Gasteiger partial charge < -0.3 is 10.2 Å². The molecule has 2 aromatic rings.